The summed E-state index contributed by atoms with van der Waals surface area (Å²) >= 11 is 1.49. The van der Waals surface area contributed by atoms with Crippen LogP contribution >= 0.6 is 11.3 Å². The van der Waals surface area contributed by atoms with Gasteiger partial charge in [0.25, 0.3) is 5.56 Å². The number of aromatic nitrogens is 2. The predicted molar refractivity (Wildman–Crippen MR) is 104 cm³/mol. The minimum absolute atomic E-state index is 0.163. The highest BCUT2D eigenvalue weighted by atomic mass is 32.1. The normalized spacial score (nSPS) is 10.9. The Bertz CT molecular complexity index is 1040. The molecule has 0 aliphatic carbocycles. The molecule has 8 heteroatoms. The minimum Gasteiger partial charge on any atom is -0.497 e. The number of amides is 1. The number of fused-ring (bicyclic) bond motifs is 1. The molecule has 0 fully saturated rings. The number of methoxy groups -OCH3 is 1. The van der Waals surface area contributed by atoms with Gasteiger partial charge in [0.2, 0.25) is 5.91 Å². The van der Waals surface area contributed by atoms with Crippen LogP contribution in [0.1, 0.15) is 22.7 Å². The second kappa shape index (κ2) is 7.17. The van der Waals surface area contributed by atoms with Crippen LogP contribution in [0.2, 0.25) is 0 Å². The van der Waals surface area contributed by atoms with Crippen molar-refractivity contribution in [2.24, 2.45) is 0 Å². The van der Waals surface area contributed by atoms with Gasteiger partial charge >= 0.3 is 0 Å². The summed E-state index contributed by atoms with van der Waals surface area (Å²) in [6.07, 6.45) is 0.505. The molecule has 7 nitrogen and oxygen atoms in total. The van der Waals surface area contributed by atoms with Crippen LogP contribution in [-0.4, -0.2) is 23.0 Å². The number of nitrogen functional groups attached to an aromatic ring is 1. The molecule has 0 atom stereocenters. The summed E-state index contributed by atoms with van der Waals surface area (Å²) in [6, 6.07) is 5.05. The number of nitrogens with one attached hydrogen (secondary N) is 2. The number of rotatable bonds is 5. The van der Waals surface area contributed by atoms with Gasteiger partial charge in [0.05, 0.1) is 23.9 Å². The lowest BCUT2D eigenvalue weighted by atomic mass is 10.2. The van der Waals surface area contributed by atoms with Crippen molar-refractivity contribution < 1.29 is 9.53 Å². The van der Waals surface area contributed by atoms with E-state index in [4.69, 9.17) is 10.5 Å². The van der Waals surface area contributed by atoms with E-state index in [1.54, 1.807) is 25.3 Å². The number of hydrogen-bond donors (Lipinski definition) is 3. The zero-order valence-electron chi connectivity index (χ0n) is 14.8. The first-order valence-corrected chi connectivity index (χ1v) is 8.93. The van der Waals surface area contributed by atoms with E-state index in [0.717, 1.165) is 10.4 Å². The molecule has 0 unspecified atom stereocenters. The fourth-order valence-corrected chi connectivity index (χ4v) is 3.68. The first-order valence-electron chi connectivity index (χ1n) is 8.11. The summed E-state index contributed by atoms with van der Waals surface area (Å²) < 4.78 is 5.13. The van der Waals surface area contributed by atoms with Crippen molar-refractivity contribution in [1.82, 2.24) is 9.97 Å². The van der Waals surface area contributed by atoms with Crippen molar-refractivity contribution >= 4 is 38.8 Å². The smallest absolute Gasteiger partial charge is 0.259 e. The third-order valence-corrected chi connectivity index (χ3v) is 5.31. The number of benzene rings is 1. The molecule has 0 aliphatic heterocycles. The molecular formula is C18H20N4O3S. The lowest BCUT2D eigenvalue weighted by molar-refractivity contribution is -0.116. The highest BCUT2D eigenvalue weighted by Gasteiger charge is 2.13. The molecule has 1 aromatic carbocycles. The second-order valence-electron chi connectivity index (χ2n) is 5.98. The average molecular weight is 372 g/mol. The number of carbonyl (C=O) groups excluding carboxylic acids is 1. The average Bonchev–Trinajstić information content (AvgIpc) is 2.89. The van der Waals surface area contributed by atoms with E-state index in [1.807, 2.05) is 13.8 Å². The first-order chi connectivity index (χ1) is 12.4. The minimum atomic E-state index is -0.216. The van der Waals surface area contributed by atoms with Gasteiger partial charge in [0.15, 0.2) is 0 Å². The summed E-state index contributed by atoms with van der Waals surface area (Å²) in [6.45, 7) is 3.88. The second-order valence-corrected chi connectivity index (χ2v) is 7.18. The number of H-pyrrole nitrogens is 1. The largest absolute Gasteiger partial charge is 0.497 e. The maximum atomic E-state index is 12.3. The van der Waals surface area contributed by atoms with E-state index < -0.39 is 0 Å². The van der Waals surface area contributed by atoms with Crippen LogP contribution in [0.3, 0.4) is 0 Å². The van der Waals surface area contributed by atoms with Crippen LogP contribution in [0.4, 0.5) is 11.4 Å². The Kier molecular flexibility index (Phi) is 4.94. The summed E-state index contributed by atoms with van der Waals surface area (Å²) in [5.74, 6) is 0.887. The van der Waals surface area contributed by atoms with Crippen LogP contribution in [0, 0.1) is 13.8 Å². The topological polar surface area (TPSA) is 110 Å². The maximum Gasteiger partial charge on any atom is 0.259 e. The number of hydrogen-bond acceptors (Lipinski definition) is 6. The number of carbonyl (C=O) groups is 1. The van der Waals surface area contributed by atoms with Gasteiger partial charge in [-0.15, -0.1) is 11.3 Å². The van der Waals surface area contributed by atoms with E-state index in [9.17, 15) is 9.59 Å². The summed E-state index contributed by atoms with van der Waals surface area (Å²) in [4.78, 5) is 33.5. The highest BCUT2D eigenvalue weighted by Crippen LogP contribution is 2.26. The zero-order valence-corrected chi connectivity index (χ0v) is 15.6. The molecule has 3 rings (SSSR count). The molecule has 0 spiro atoms. The Labute approximate surface area is 154 Å². The predicted octanol–water partition coefficient (Wildman–Crippen LogP) is 2.76. The van der Waals surface area contributed by atoms with Crippen LogP contribution in [0.5, 0.6) is 5.75 Å². The molecule has 2 aromatic heterocycles. The van der Waals surface area contributed by atoms with Gasteiger partial charge in [0, 0.05) is 23.8 Å². The number of anilines is 2. The number of nitrogens with zero attached hydrogens (tertiary/aromatic N) is 1. The molecular weight excluding hydrogens is 352 g/mol. The molecule has 1 amide bonds. The van der Waals surface area contributed by atoms with Gasteiger partial charge in [0.1, 0.15) is 16.4 Å². The molecule has 0 bridgehead atoms. The molecule has 0 aliphatic rings. The van der Waals surface area contributed by atoms with Crippen LogP contribution < -0.4 is 21.3 Å². The highest BCUT2D eigenvalue weighted by molar-refractivity contribution is 7.18. The van der Waals surface area contributed by atoms with Gasteiger partial charge in [-0.05, 0) is 31.5 Å². The first kappa shape index (κ1) is 17.9. The zero-order chi connectivity index (χ0) is 18.8. The summed E-state index contributed by atoms with van der Waals surface area (Å²) in [7, 11) is 1.54. The van der Waals surface area contributed by atoms with Crippen LogP contribution in [0.15, 0.2) is 23.0 Å². The van der Waals surface area contributed by atoms with Crippen molar-refractivity contribution in [2.75, 3.05) is 18.2 Å². The molecule has 0 saturated carbocycles. The van der Waals surface area contributed by atoms with Gasteiger partial charge in [-0.3, -0.25) is 9.59 Å². The van der Waals surface area contributed by atoms with Gasteiger partial charge in [-0.1, -0.05) is 0 Å². The number of aromatic amines is 1. The third-order valence-electron chi connectivity index (χ3n) is 4.21. The van der Waals surface area contributed by atoms with Crippen molar-refractivity contribution in [3.63, 3.8) is 0 Å². The number of thiophene rings is 1. The lowest BCUT2D eigenvalue weighted by Crippen LogP contribution is -2.16. The van der Waals surface area contributed by atoms with Gasteiger partial charge in [-0.25, -0.2) is 4.98 Å². The Morgan fingerprint density at radius 1 is 1.38 bits per heavy atom. The Morgan fingerprint density at radius 3 is 2.88 bits per heavy atom. The fraction of sp³-hybridized carbons (Fsp3) is 0.278. The van der Waals surface area contributed by atoms with E-state index in [0.29, 0.717) is 39.6 Å². The molecule has 0 radical (unpaired) electrons. The van der Waals surface area contributed by atoms with E-state index in [2.05, 4.69) is 15.3 Å². The van der Waals surface area contributed by atoms with Crippen molar-refractivity contribution in [3.05, 3.63) is 44.8 Å². The molecule has 26 heavy (non-hydrogen) atoms. The molecule has 136 valence electrons. The Morgan fingerprint density at radius 2 is 2.15 bits per heavy atom. The number of nitrogens with two attached hydrogens (primary N) is 1. The van der Waals surface area contributed by atoms with Crippen molar-refractivity contribution in [2.45, 2.75) is 26.7 Å². The number of ether oxygens (including phenoxy) is 1. The molecule has 2 heterocycles. The molecule has 0 saturated heterocycles. The van der Waals surface area contributed by atoms with Gasteiger partial charge in [-0.2, -0.15) is 0 Å². The quantitative estimate of drug-likeness (QED) is 0.597. The lowest BCUT2D eigenvalue weighted by Gasteiger charge is -2.10. The van der Waals surface area contributed by atoms with E-state index in [-0.39, 0.29) is 17.9 Å². The van der Waals surface area contributed by atoms with Crippen molar-refractivity contribution in [3.8, 4) is 5.75 Å². The Balaban J connectivity index is 1.72. The third kappa shape index (κ3) is 3.55. The van der Waals surface area contributed by atoms with Gasteiger partial charge < -0.3 is 20.8 Å². The monoisotopic (exact) mass is 372 g/mol. The van der Waals surface area contributed by atoms with E-state index in [1.165, 1.54) is 11.3 Å². The molecule has 4 N–H and O–H groups in total. The standard InChI is InChI=1S/C18H20N4O3S/c1-9-10(2)26-18-16(9)17(24)21-14(22-18)6-7-15(23)20-13-8-11(25-3)4-5-12(13)19/h4-5,8H,6-7,19H2,1-3H3,(H,20,23)(H,21,22,24). The fourth-order valence-electron chi connectivity index (χ4n) is 2.63. The van der Waals surface area contributed by atoms with Crippen LogP contribution in [0.25, 0.3) is 10.2 Å². The summed E-state index contributed by atoms with van der Waals surface area (Å²) in [5, 5.41) is 3.39. The summed E-state index contributed by atoms with van der Waals surface area (Å²) in [5.41, 5.74) is 7.61. The Hall–Kier alpha value is -2.87. The maximum absolute atomic E-state index is 12.3. The van der Waals surface area contributed by atoms with E-state index >= 15 is 0 Å². The van der Waals surface area contributed by atoms with Crippen LogP contribution in [-0.2, 0) is 11.2 Å². The SMILES string of the molecule is COc1ccc(N)c(NC(=O)CCc2nc3sc(C)c(C)c3c(=O)[nH]2)c1. The van der Waals surface area contributed by atoms with Crippen molar-refractivity contribution in [1.29, 1.82) is 0 Å². The molecule has 3 aromatic rings. The number of aryl methyl sites for hydroxylation is 3.